The number of ether oxygens (including phenoxy) is 2. The number of nitrogens with zero attached hydrogens (tertiary/aromatic N) is 2. The summed E-state index contributed by atoms with van der Waals surface area (Å²) in [4.78, 5) is 42.7. The van der Waals surface area contributed by atoms with Crippen LogP contribution in [-0.2, 0) is 23.9 Å². The van der Waals surface area contributed by atoms with E-state index in [1.807, 2.05) is 34.6 Å². The van der Waals surface area contributed by atoms with Gasteiger partial charge < -0.3 is 25.0 Å². The van der Waals surface area contributed by atoms with E-state index in [1.165, 1.54) is 6.92 Å². The van der Waals surface area contributed by atoms with Crippen molar-refractivity contribution in [1.82, 2.24) is 20.4 Å². The highest BCUT2D eigenvalue weighted by Crippen LogP contribution is 2.15. The van der Waals surface area contributed by atoms with Crippen molar-refractivity contribution < 1.29 is 23.9 Å². The molecule has 1 heterocycles. The van der Waals surface area contributed by atoms with E-state index in [4.69, 9.17) is 9.47 Å². The van der Waals surface area contributed by atoms with Crippen molar-refractivity contribution in [2.24, 2.45) is 11.8 Å². The Hall–Kier alpha value is -1.71. The van der Waals surface area contributed by atoms with Gasteiger partial charge >= 0.3 is 0 Å². The maximum absolute atomic E-state index is 13.4. The van der Waals surface area contributed by atoms with Crippen LogP contribution in [0.25, 0.3) is 0 Å². The number of morpholine rings is 1. The third-order valence-corrected chi connectivity index (χ3v) is 5.84. The molecule has 0 saturated carbocycles. The molecule has 0 aromatic carbocycles. The van der Waals surface area contributed by atoms with Gasteiger partial charge in [0, 0.05) is 52.9 Å². The topological polar surface area (TPSA) is 100 Å². The van der Waals surface area contributed by atoms with E-state index in [0.29, 0.717) is 58.8 Å². The minimum absolute atomic E-state index is 0.146. The first-order valence-electron chi connectivity index (χ1n) is 12.9. The molecule has 0 radical (unpaired) electrons. The average Bonchev–Trinajstić information content (AvgIpc) is 2.77. The van der Waals surface area contributed by atoms with E-state index in [9.17, 15) is 14.4 Å². The van der Waals surface area contributed by atoms with Crippen molar-refractivity contribution in [3.8, 4) is 0 Å². The van der Waals surface area contributed by atoms with Crippen LogP contribution in [0.4, 0.5) is 0 Å². The second-order valence-corrected chi connectivity index (χ2v) is 9.84. The molecule has 2 N–H and O–H groups in total. The quantitative estimate of drug-likeness (QED) is 0.323. The van der Waals surface area contributed by atoms with Gasteiger partial charge in [-0.05, 0) is 38.0 Å². The maximum atomic E-state index is 13.4. The molecule has 1 aliphatic rings. The third kappa shape index (κ3) is 12.1. The van der Waals surface area contributed by atoms with Crippen LogP contribution in [-0.4, -0.2) is 98.8 Å². The van der Waals surface area contributed by atoms with Crippen molar-refractivity contribution in [2.75, 3.05) is 59.2 Å². The van der Waals surface area contributed by atoms with Gasteiger partial charge in [0.2, 0.25) is 17.7 Å². The van der Waals surface area contributed by atoms with Crippen molar-refractivity contribution in [3.05, 3.63) is 0 Å². The molecule has 0 bridgehead atoms. The highest BCUT2D eigenvalue weighted by Gasteiger charge is 2.32. The van der Waals surface area contributed by atoms with Gasteiger partial charge in [0.15, 0.2) is 0 Å². The van der Waals surface area contributed by atoms with E-state index in [1.54, 1.807) is 4.90 Å². The first-order chi connectivity index (χ1) is 16.1. The number of hydrogen-bond donors (Lipinski definition) is 2. The molecule has 0 aromatic heterocycles. The molecule has 9 nitrogen and oxygen atoms in total. The summed E-state index contributed by atoms with van der Waals surface area (Å²) in [5.41, 5.74) is 0. The predicted octanol–water partition coefficient (Wildman–Crippen LogP) is 1.66. The molecular formula is C25H48N4O5. The van der Waals surface area contributed by atoms with E-state index in [-0.39, 0.29) is 29.6 Å². The zero-order chi connectivity index (χ0) is 25.5. The number of hydrogen-bond acceptors (Lipinski definition) is 6. The van der Waals surface area contributed by atoms with Gasteiger partial charge in [0.1, 0.15) is 12.1 Å². The number of carbonyl (C=O) groups excluding carboxylic acids is 3. The molecule has 3 amide bonds. The van der Waals surface area contributed by atoms with Gasteiger partial charge in [-0.3, -0.25) is 19.3 Å². The number of amides is 3. The number of carbonyl (C=O) groups is 3. The van der Waals surface area contributed by atoms with Crippen LogP contribution in [0.3, 0.4) is 0 Å². The standard InChI is InChI=1S/C25H48N4O5/c1-7-33-14-8-10-29(21(6)30)23(18-20(4)5)25(32)27-22(17-19(2)3)24(31)26-9-11-28-12-15-34-16-13-28/h19-20,22-23H,7-18H2,1-6H3,(H,26,31)(H,27,32)/t22-,23?/m0/s1. The first kappa shape index (κ1) is 30.3. The zero-order valence-electron chi connectivity index (χ0n) is 22.2. The van der Waals surface area contributed by atoms with E-state index in [0.717, 1.165) is 19.6 Å². The third-order valence-electron chi connectivity index (χ3n) is 5.84. The van der Waals surface area contributed by atoms with Crippen LogP contribution in [0, 0.1) is 11.8 Å². The first-order valence-corrected chi connectivity index (χ1v) is 12.9. The van der Waals surface area contributed by atoms with Crippen molar-refractivity contribution in [3.63, 3.8) is 0 Å². The Labute approximate surface area is 206 Å². The summed E-state index contributed by atoms with van der Waals surface area (Å²) in [6.07, 6.45) is 1.73. The number of nitrogens with one attached hydrogen (secondary N) is 2. The second-order valence-electron chi connectivity index (χ2n) is 9.84. The molecule has 1 saturated heterocycles. The largest absolute Gasteiger partial charge is 0.382 e. The molecule has 1 rings (SSSR count). The molecule has 1 fully saturated rings. The van der Waals surface area contributed by atoms with Gasteiger partial charge in [-0.2, -0.15) is 0 Å². The van der Waals surface area contributed by atoms with Gasteiger partial charge in [0.25, 0.3) is 0 Å². The average molecular weight is 485 g/mol. The minimum Gasteiger partial charge on any atom is -0.382 e. The highest BCUT2D eigenvalue weighted by molar-refractivity contribution is 5.91. The van der Waals surface area contributed by atoms with Crippen molar-refractivity contribution in [2.45, 2.75) is 72.9 Å². The normalized spacial score (nSPS) is 16.4. The lowest BCUT2D eigenvalue weighted by Crippen LogP contribution is -2.56. The summed E-state index contributed by atoms with van der Waals surface area (Å²) in [6.45, 7) is 17.6. The summed E-state index contributed by atoms with van der Waals surface area (Å²) in [7, 11) is 0. The Morgan fingerprint density at radius 2 is 1.68 bits per heavy atom. The summed E-state index contributed by atoms with van der Waals surface area (Å²) in [5, 5.41) is 5.96. The van der Waals surface area contributed by atoms with Crippen molar-refractivity contribution in [1.29, 1.82) is 0 Å². The molecule has 198 valence electrons. The Bertz CT molecular complexity index is 608. The van der Waals surface area contributed by atoms with Gasteiger partial charge in [-0.25, -0.2) is 0 Å². The predicted molar refractivity (Wildman–Crippen MR) is 133 cm³/mol. The van der Waals surface area contributed by atoms with Gasteiger partial charge in [-0.1, -0.05) is 27.7 Å². The molecule has 2 atom stereocenters. The van der Waals surface area contributed by atoms with Gasteiger partial charge in [0.05, 0.1) is 13.2 Å². The Balaban J connectivity index is 2.81. The summed E-state index contributed by atoms with van der Waals surface area (Å²) in [6, 6.07) is -1.25. The molecular weight excluding hydrogens is 436 g/mol. The fourth-order valence-electron chi connectivity index (χ4n) is 4.09. The summed E-state index contributed by atoms with van der Waals surface area (Å²) in [5.74, 6) is -0.143. The van der Waals surface area contributed by atoms with Crippen LogP contribution in [0.5, 0.6) is 0 Å². The van der Waals surface area contributed by atoms with Crippen LogP contribution < -0.4 is 10.6 Å². The van der Waals surface area contributed by atoms with E-state index < -0.39 is 12.1 Å². The molecule has 1 aliphatic heterocycles. The minimum atomic E-state index is -0.635. The van der Waals surface area contributed by atoms with Crippen LogP contribution in [0.15, 0.2) is 0 Å². The summed E-state index contributed by atoms with van der Waals surface area (Å²) < 4.78 is 10.8. The molecule has 0 spiro atoms. The Kier molecular flexibility index (Phi) is 15.0. The second kappa shape index (κ2) is 16.8. The van der Waals surface area contributed by atoms with Crippen LogP contribution in [0.1, 0.15) is 60.8 Å². The highest BCUT2D eigenvalue weighted by atomic mass is 16.5. The van der Waals surface area contributed by atoms with Gasteiger partial charge in [-0.15, -0.1) is 0 Å². The smallest absolute Gasteiger partial charge is 0.243 e. The number of rotatable bonds is 16. The lowest BCUT2D eigenvalue weighted by Gasteiger charge is -2.33. The Morgan fingerprint density at radius 1 is 1.03 bits per heavy atom. The summed E-state index contributed by atoms with van der Waals surface area (Å²) >= 11 is 0. The van der Waals surface area contributed by atoms with Crippen LogP contribution >= 0.6 is 0 Å². The molecule has 1 unspecified atom stereocenters. The molecule has 9 heteroatoms. The zero-order valence-corrected chi connectivity index (χ0v) is 22.2. The lowest BCUT2D eigenvalue weighted by atomic mass is 9.99. The van der Waals surface area contributed by atoms with Crippen LogP contribution in [0.2, 0.25) is 0 Å². The molecule has 0 aliphatic carbocycles. The SMILES string of the molecule is CCOCCCN(C(C)=O)C(CC(C)C)C(=O)N[C@@H](CC(C)C)C(=O)NCCN1CCOCC1. The monoisotopic (exact) mass is 484 g/mol. The maximum Gasteiger partial charge on any atom is 0.243 e. The fraction of sp³-hybridized carbons (Fsp3) is 0.880. The molecule has 0 aromatic rings. The van der Waals surface area contributed by atoms with E-state index >= 15 is 0 Å². The lowest BCUT2D eigenvalue weighted by molar-refractivity contribution is -0.141. The molecule has 34 heavy (non-hydrogen) atoms. The fourth-order valence-corrected chi connectivity index (χ4v) is 4.09. The Morgan fingerprint density at radius 3 is 2.24 bits per heavy atom. The van der Waals surface area contributed by atoms with Crippen molar-refractivity contribution >= 4 is 17.7 Å². The van der Waals surface area contributed by atoms with E-state index in [2.05, 4.69) is 15.5 Å².